The number of aliphatic hydroxyl groups is 1. The lowest BCUT2D eigenvalue weighted by Crippen LogP contribution is -2.43. The Labute approximate surface area is 119 Å². The van der Waals surface area contributed by atoms with Gasteiger partial charge >= 0.3 is 0 Å². The normalized spacial score (nSPS) is 26.4. The number of nitrogens with zero attached hydrogens (tertiary/aromatic N) is 1. The molecule has 1 heterocycles. The zero-order valence-corrected chi connectivity index (χ0v) is 11.6. The lowest BCUT2D eigenvalue weighted by molar-refractivity contribution is -0.138. The van der Waals surface area contributed by atoms with Crippen LogP contribution in [0.4, 0.5) is 0 Å². The fourth-order valence-corrected chi connectivity index (χ4v) is 2.81. The lowest BCUT2D eigenvalue weighted by Gasteiger charge is -2.30. The highest BCUT2D eigenvalue weighted by atomic mass is 16.5. The predicted octanol–water partition coefficient (Wildman–Crippen LogP) is 1.83. The van der Waals surface area contributed by atoms with Gasteiger partial charge in [-0.05, 0) is 31.4 Å². The molecule has 3 rings (SSSR count). The number of carbonyl (C=O) groups excluding carboxylic acids is 1. The van der Waals surface area contributed by atoms with Gasteiger partial charge in [-0.1, -0.05) is 24.6 Å². The number of ether oxygens (including phenoxy) is 1. The number of likely N-dealkylation sites (tertiary alicyclic amines) is 1. The highest BCUT2D eigenvalue weighted by Crippen LogP contribution is 2.31. The van der Waals surface area contributed by atoms with Gasteiger partial charge in [0, 0.05) is 12.5 Å². The molecule has 2 aliphatic rings. The van der Waals surface area contributed by atoms with Crippen LogP contribution in [0.2, 0.25) is 0 Å². The molecule has 1 saturated carbocycles. The second-order valence-corrected chi connectivity index (χ2v) is 5.96. The van der Waals surface area contributed by atoms with Crippen molar-refractivity contribution in [1.82, 2.24) is 4.90 Å². The molecule has 1 amide bonds. The van der Waals surface area contributed by atoms with Crippen molar-refractivity contribution in [2.24, 2.45) is 5.92 Å². The van der Waals surface area contributed by atoms with Crippen LogP contribution in [0.15, 0.2) is 30.3 Å². The molecule has 1 aromatic carbocycles. The van der Waals surface area contributed by atoms with Gasteiger partial charge in [0.15, 0.2) is 0 Å². The van der Waals surface area contributed by atoms with Gasteiger partial charge < -0.3 is 14.7 Å². The standard InChI is InChI=1S/C16H21NO3/c18-15(13-5-4-6-13)17-10-9-16(19,11-17)12-20-14-7-2-1-3-8-14/h1-3,7-8,13,19H,4-6,9-12H2/t16-/m1/s1. The maximum atomic E-state index is 12.2. The Balaban J connectivity index is 1.53. The second-order valence-electron chi connectivity index (χ2n) is 5.96. The van der Waals surface area contributed by atoms with E-state index in [-0.39, 0.29) is 18.4 Å². The first kappa shape index (κ1) is 13.4. The summed E-state index contributed by atoms with van der Waals surface area (Å²) in [6, 6.07) is 9.47. The van der Waals surface area contributed by atoms with Crippen LogP contribution in [-0.2, 0) is 4.79 Å². The van der Waals surface area contributed by atoms with E-state index in [0.717, 1.165) is 25.0 Å². The number of hydrogen-bond acceptors (Lipinski definition) is 3. The maximum absolute atomic E-state index is 12.2. The first-order chi connectivity index (χ1) is 9.66. The minimum absolute atomic E-state index is 0.201. The van der Waals surface area contributed by atoms with Crippen molar-refractivity contribution in [3.8, 4) is 5.75 Å². The molecular weight excluding hydrogens is 254 g/mol. The molecule has 1 N–H and O–H groups in total. The third-order valence-corrected chi connectivity index (χ3v) is 4.35. The van der Waals surface area contributed by atoms with Crippen molar-refractivity contribution in [2.45, 2.75) is 31.3 Å². The number of rotatable bonds is 4. The molecule has 1 atom stereocenters. The molecule has 0 spiro atoms. The van der Waals surface area contributed by atoms with Crippen LogP contribution in [0.1, 0.15) is 25.7 Å². The van der Waals surface area contributed by atoms with E-state index in [4.69, 9.17) is 4.74 Å². The summed E-state index contributed by atoms with van der Waals surface area (Å²) in [5.41, 5.74) is -0.907. The van der Waals surface area contributed by atoms with Gasteiger partial charge in [-0.2, -0.15) is 0 Å². The Morgan fingerprint density at radius 3 is 2.75 bits per heavy atom. The van der Waals surface area contributed by atoms with Gasteiger partial charge in [0.05, 0.1) is 6.54 Å². The van der Waals surface area contributed by atoms with Gasteiger partial charge in [0.1, 0.15) is 18.0 Å². The molecule has 2 fully saturated rings. The number of amides is 1. The first-order valence-electron chi connectivity index (χ1n) is 7.35. The fraction of sp³-hybridized carbons (Fsp3) is 0.562. The largest absolute Gasteiger partial charge is 0.491 e. The topological polar surface area (TPSA) is 49.8 Å². The molecule has 1 saturated heterocycles. The van der Waals surface area contributed by atoms with E-state index < -0.39 is 5.60 Å². The summed E-state index contributed by atoms with van der Waals surface area (Å²) in [4.78, 5) is 14.0. The van der Waals surface area contributed by atoms with Crippen LogP contribution in [0, 0.1) is 5.92 Å². The van der Waals surface area contributed by atoms with Gasteiger partial charge in [-0.25, -0.2) is 0 Å². The molecule has 0 radical (unpaired) electrons. The second kappa shape index (κ2) is 5.44. The van der Waals surface area contributed by atoms with E-state index in [1.807, 2.05) is 30.3 Å². The number of benzene rings is 1. The molecule has 0 bridgehead atoms. The van der Waals surface area contributed by atoms with Crippen LogP contribution in [0.3, 0.4) is 0 Å². The number of hydrogen-bond donors (Lipinski definition) is 1. The van der Waals surface area contributed by atoms with Crippen LogP contribution < -0.4 is 4.74 Å². The average molecular weight is 275 g/mol. The summed E-state index contributed by atoms with van der Waals surface area (Å²) in [6.07, 6.45) is 3.77. The summed E-state index contributed by atoms with van der Waals surface area (Å²) in [6.45, 7) is 1.28. The number of β-amino-alcohol motifs (C(OH)–C–C–N with tert-alkyl or cyclic N) is 1. The zero-order chi connectivity index (χ0) is 14.0. The first-order valence-corrected chi connectivity index (χ1v) is 7.35. The van der Waals surface area contributed by atoms with E-state index in [0.29, 0.717) is 19.5 Å². The van der Waals surface area contributed by atoms with Crippen molar-refractivity contribution >= 4 is 5.91 Å². The summed E-state index contributed by atoms with van der Waals surface area (Å²) < 4.78 is 5.63. The van der Waals surface area contributed by atoms with Crippen LogP contribution >= 0.6 is 0 Å². The zero-order valence-electron chi connectivity index (χ0n) is 11.6. The Hall–Kier alpha value is -1.55. The molecular formula is C16H21NO3. The highest BCUT2D eigenvalue weighted by Gasteiger charge is 2.41. The summed E-state index contributed by atoms with van der Waals surface area (Å²) in [7, 11) is 0. The lowest BCUT2D eigenvalue weighted by atomic mass is 9.84. The van der Waals surface area contributed by atoms with Crippen molar-refractivity contribution in [3.05, 3.63) is 30.3 Å². The van der Waals surface area contributed by atoms with E-state index >= 15 is 0 Å². The molecule has 20 heavy (non-hydrogen) atoms. The Bertz CT molecular complexity index is 472. The summed E-state index contributed by atoms with van der Waals surface area (Å²) in [5.74, 6) is 1.17. The van der Waals surface area contributed by atoms with Crippen molar-refractivity contribution in [3.63, 3.8) is 0 Å². The average Bonchev–Trinajstić information content (AvgIpc) is 2.79. The SMILES string of the molecule is O=C(C1CCC1)N1CC[C@](O)(COc2ccccc2)C1. The molecule has 0 aromatic heterocycles. The van der Waals surface area contributed by atoms with E-state index in [9.17, 15) is 9.90 Å². The van der Waals surface area contributed by atoms with Crippen LogP contribution in [-0.4, -0.2) is 41.2 Å². The van der Waals surface area contributed by atoms with Crippen molar-refractivity contribution in [2.75, 3.05) is 19.7 Å². The molecule has 0 unspecified atom stereocenters. The molecule has 108 valence electrons. The fourth-order valence-electron chi connectivity index (χ4n) is 2.81. The van der Waals surface area contributed by atoms with Gasteiger partial charge in [0.25, 0.3) is 0 Å². The van der Waals surface area contributed by atoms with Crippen LogP contribution in [0.25, 0.3) is 0 Å². The third-order valence-electron chi connectivity index (χ3n) is 4.35. The minimum Gasteiger partial charge on any atom is -0.491 e. The number of carbonyl (C=O) groups is 1. The quantitative estimate of drug-likeness (QED) is 0.912. The van der Waals surface area contributed by atoms with Gasteiger partial charge in [-0.15, -0.1) is 0 Å². The maximum Gasteiger partial charge on any atom is 0.225 e. The molecule has 4 heteroatoms. The summed E-state index contributed by atoms with van der Waals surface area (Å²) >= 11 is 0. The highest BCUT2D eigenvalue weighted by molar-refractivity contribution is 5.80. The summed E-state index contributed by atoms with van der Waals surface area (Å²) in [5, 5.41) is 10.5. The van der Waals surface area contributed by atoms with Crippen molar-refractivity contribution < 1.29 is 14.6 Å². The Morgan fingerprint density at radius 2 is 2.10 bits per heavy atom. The smallest absolute Gasteiger partial charge is 0.225 e. The molecule has 1 aromatic rings. The Kier molecular flexibility index (Phi) is 3.66. The molecule has 4 nitrogen and oxygen atoms in total. The minimum atomic E-state index is -0.907. The molecule has 1 aliphatic carbocycles. The van der Waals surface area contributed by atoms with Crippen LogP contribution in [0.5, 0.6) is 5.75 Å². The Morgan fingerprint density at radius 1 is 1.35 bits per heavy atom. The van der Waals surface area contributed by atoms with E-state index in [1.165, 1.54) is 0 Å². The predicted molar refractivity (Wildman–Crippen MR) is 75.4 cm³/mol. The van der Waals surface area contributed by atoms with Gasteiger partial charge in [-0.3, -0.25) is 4.79 Å². The van der Waals surface area contributed by atoms with E-state index in [1.54, 1.807) is 4.90 Å². The molecule has 1 aliphatic heterocycles. The monoisotopic (exact) mass is 275 g/mol. The van der Waals surface area contributed by atoms with Gasteiger partial charge in [0.2, 0.25) is 5.91 Å². The number of para-hydroxylation sites is 1. The third kappa shape index (κ3) is 2.80. The van der Waals surface area contributed by atoms with Crippen molar-refractivity contribution in [1.29, 1.82) is 0 Å². The van der Waals surface area contributed by atoms with E-state index in [2.05, 4.69) is 0 Å².